The van der Waals surface area contributed by atoms with E-state index in [1.807, 2.05) is 12.1 Å². The van der Waals surface area contributed by atoms with Gasteiger partial charge in [0.2, 0.25) is 0 Å². The van der Waals surface area contributed by atoms with Gasteiger partial charge >= 0.3 is 0 Å². The van der Waals surface area contributed by atoms with E-state index in [0.717, 1.165) is 23.4 Å². The van der Waals surface area contributed by atoms with Crippen LogP contribution in [0.4, 0.5) is 0 Å². The highest BCUT2D eigenvalue weighted by molar-refractivity contribution is 6.31. The summed E-state index contributed by atoms with van der Waals surface area (Å²) in [4.78, 5) is 0. The number of hydrogen-bond acceptors (Lipinski definition) is 1. The van der Waals surface area contributed by atoms with Crippen LogP contribution in [0.5, 0.6) is 0 Å². The normalized spacial score (nSPS) is 27.7. The van der Waals surface area contributed by atoms with Gasteiger partial charge in [0.1, 0.15) is 0 Å². The molecule has 0 radical (unpaired) electrons. The van der Waals surface area contributed by atoms with Crippen molar-refractivity contribution in [3.8, 4) is 0 Å². The van der Waals surface area contributed by atoms with Gasteiger partial charge in [-0.15, -0.1) is 0 Å². The molecule has 2 unspecified atom stereocenters. The van der Waals surface area contributed by atoms with Gasteiger partial charge in [-0.1, -0.05) is 74.7 Å². The van der Waals surface area contributed by atoms with Gasteiger partial charge in [0.25, 0.3) is 0 Å². The lowest BCUT2D eigenvalue weighted by molar-refractivity contribution is 0.149. The van der Waals surface area contributed by atoms with Crippen LogP contribution in [0.1, 0.15) is 63.4 Å². The van der Waals surface area contributed by atoms with E-state index in [1.165, 1.54) is 63.4 Å². The molecule has 21 heavy (non-hydrogen) atoms. The predicted molar refractivity (Wildman–Crippen MR) is 90.6 cm³/mol. The van der Waals surface area contributed by atoms with Crippen LogP contribution in [0.15, 0.2) is 24.3 Å². The maximum absolute atomic E-state index is 6.29. The fourth-order valence-corrected chi connectivity index (χ4v) is 4.62. The van der Waals surface area contributed by atoms with Gasteiger partial charge in [0.15, 0.2) is 0 Å². The number of hydrogen-bond donors (Lipinski definition) is 1. The molecule has 2 atom stereocenters. The van der Waals surface area contributed by atoms with E-state index in [9.17, 15) is 0 Å². The third-order valence-electron chi connectivity index (χ3n) is 5.59. The Morgan fingerprint density at radius 3 is 2.43 bits per heavy atom. The minimum Gasteiger partial charge on any atom is -0.310 e. The first-order valence-corrected chi connectivity index (χ1v) is 9.19. The van der Waals surface area contributed by atoms with Crippen LogP contribution in [-0.2, 0) is 6.54 Å². The van der Waals surface area contributed by atoms with Crippen molar-refractivity contribution in [2.45, 2.75) is 70.4 Å². The van der Waals surface area contributed by atoms with Gasteiger partial charge in [0, 0.05) is 17.6 Å². The maximum Gasteiger partial charge on any atom is 0.0450 e. The maximum atomic E-state index is 6.29. The van der Waals surface area contributed by atoms with Gasteiger partial charge in [0.05, 0.1) is 0 Å². The molecule has 2 aliphatic rings. The van der Waals surface area contributed by atoms with Crippen molar-refractivity contribution >= 4 is 11.6 Å². The lowest BCUT2D eigenvalue weighted by atomic mass is 9.71. The van der Waals surface area contributed by atoms with E-state index in [1.54, 1.807) is 0 Å². The average molecular weight is 306 g/mol. The van der Waals surface area contributed by atoms with Crippen molar-refractivity contribution in [1.82, 2.24) is 5.32 Å². The zero-order valence-corrected chi connectivity index (χ0v) is 13.7. The number of rotatable bonds is 4. The molecule has 2 saturated carbocycles. The van der Waals surface area contributed by atoms with Gasteiger partial charge in [-0.05, 0) is 36.3 Å². The predicted octanol–water partition coefficient (Wildman–Crippen LogP) is 5.57. The quantitative estimate of drug-likeness (QED) is 0.767. The molecule has 1 N–H and O–H groups in total. The zero-order chi connectivity index (χ0) is 14.5. The molecule has 1 aromatic carbocycles. The molecule has 0 aliphatic heterocycles. The van der Waals surface area contributed by atoms with E-state index in [2.05, 4.69) is 17.4 Å². The van der Waals surface area contributed by atoms with Gasteiger partial charge in [-0.3, -0.25) is 0 Å². The minimum atomic E-state index is 0.707. The molecule has 2 heteroatoms. The van der Waals surface area contributed by atoms with Gasteiger partial charge in [-0.25, -0.2) is 0 Å². The average Bonchev–Trinajstić information content (AvgIpc) is 2.55. The first-order chi connectivity index (χ1) is 10.3. The Morgan fingerprint density at radius 1 is 0.905 bits per heavy atom. The molecular weight excluding hydrogens is 278 g/mol. The molecule has 0 heterocycles. The second-order valence-corrected chi connectivity index (χ2v) is 7.33. The summed E-state index contributed by atoms with van der Waals surface area (Å²) in [7, 11) is 0. The summed E-state index contributed by atoms with van der Waals surface area (Å²) >= 11 is 6.29. The summed E-state index contributed by atoms with van der Waals surface area (Å²) in [6.45, 7) is 0.924. The fourth-order valence-electron chi connectivity index (χ4n) is 4.42. The highest BCUT2D eigenvalue weighted by Gasteiger charge is 2.32. The molecule has 1 aromatic rings. The number of nitrogens with one attached hydrogen (secondary N) is 1. The molecule has 2 aliphatic carbocycles. The van der Waals surface area contributed by atoms with Crippen LogP contribution >= 0.6 is 11.6 Å². The Morgan fingerprint density at radius 2 is 1.62 bits per heavy atom. The van der Waals surface area contributed by atoms with Crippen molar-refractivity contribution in [1.29, 1.82) is 0 Å². The first-order valence-electron chi connectivity index (χ1n) is 8.81. The Kier molecular flexibility index (Phi) is 5.60. The van der Waals surface area contributed by atoms with Crippen LogP contribution in [0.25, 0.3) is 0 Å². The zero-order valence-electron chi connectivity index (χ0n) is 13.0. The van der Waals surface area contributed by atoms with Crippen molar-refractivity contribution in [3.05, 3.63) is 34.9 Å². The van der Waals surface area contributed by atoms with E-state index in [-0.39, 0.29) is 0 Å². The molecule has 1 nitrogen and oxygen atoms in total. The van der Waals surface area contributed by atoms with Crippen molar-refractivity contribution < 1.29 is 0 Å². The lowest BCUT2D eigenvalue weighted by Gasteiger charge is -2.39. The van der Waals surface area contributed by atoms with Crippen molar-refractivity contribution in [2.75, 3.05) is 0 Å². The molecule has 2 fully saturated rings. The van der Waals surface area contributed by atoms with E-state index in [4.69, 9.17) is 11.6 Å². The van der Waals surface area contributed by atoms with E-state index >= 15 is 0 Å². The van der Waals surface area contributed by atoms with Crippen molar-refractivity contribution in [2.24, 2.45) is 11.8 Å². The summed E-state index contributed by atoms with van der Waals surface area (Å²) in [5.41, 5.74) is 1.24. The van der Waals surface area contributed by atoms with Crippen LogP contribution in [-0.4, -0.2) is 6.04 Å². The standard InChI is InChI=1S/C19H28ClN/c20-18-12-6-4-10-16(18)14-21-19-13-7-5-11-17(19)15-8-2-1-3-9-15/h4,6,10,12,15,17,19,21H,1-3,5,7-9,11,13-14H2. The highest BCUT2D eigenvalue weighted by atomic mass is 35.5. The molecule has 3 rings (SSSR count). The van der Waals surface area contributed by atoms with Crippen molar-refractivity contribution in [3.63, 3.8) is 0 Å². The summed E-state index contributed by atoms with van der Waals surface area (Å²) in [5.74, 6) is 1.88. The molecular formula is C19H28ClN. The third-order valence-corrected chi connectivity index (χ3v) is 5.96. The first kappa shape index (κ1) is 15.4. The largest absolute Gasteiger partial charge is 0.310 e. The molecule has 0 amide bonds. The second kappa shape index (κ2) is 7.65. The van der Waals surface area contributed by atoms with Crippen LogP contribution < -0.4 is 5.32 Å². The highest BCUT2D eigenvalue weighted by Crippen LogP contribution is 2.38. The lowest BCUT2D eigenvalue weighted by Crippen LogP contribution is -2.42. The van der Waals surface area contributed by atoms with E-state index in [0.29, 0.717) is 6.04 Å². The Bertz CT molecular complexity index is 439. The minimum absolute atomic E-state index is 0.707. The summed E-state index contributed by atoms with van der Waals surface area (Å²) in [5, 5.41) is 4.74. The molecule has 116 valence electrons. The number of halogens is 1. The van der Waals surface area contributed by atoms with Crippen LogP contribution in [0.3, 0.4) is 0 Å². The summed E-state index contributed by atoms with van der Waals surface area (Å²) in [6.07, 6.45) is 12.9. The Balaban J connectivity index is 1.60. The third kappa shape index (κ3) is 4.02. The second-order valence-electron chi connectivity index (χ2n) is 6.93. The van der Waals surface area contributed by atoms with Crippen LogP contribution in [0.2, 0.25) is 5.02 Å². The fraction of sp³-hybridized carbons (Fsp3) is 0.684. The topological polar surface area (TPSA) is 12.0 Å². The van der Waals surface area contributed by atoms with Crippen LogP contribution in [0, 0.1) is 11.8 Å². The Labute approximate surface area is 134 Å². The molecule has 0 spiro atoms. The smallest absolute Gasteiger partial charge is 0.0450 e. The molecule has 0 saturated heterocycles. The summed E-state index contributed by atoms with van der Waals surface area (Å²) in [6, 6.07) is 8.95. The Hall–Kier alpha value is -0.530. The van der Waals surface area contributed by atoms with E-state index < -0.39 is 0 Å². The number of benzene rings is 1. The van der Waals surface area contributed by atoms with Gasteiger partial charge in [-0.2, -0.15) is 0 Å². The van der Waals surface area contributed by atoms with Gasteiger partial charge < -0.3 is 5.32 Å². The summed E-state index contributed by atoms with van der Waals surface area (Å²) < 4.78 is 0. The molecule has 0 bridgehead atoms. The monoisotopic (exact) mass is 305 g/mol. The molecule has 0 aromatic heterocycles. The SMILES string of the molecule is Clc1ccccc1CNC1CCCCC1C1CCCCC1.